The van der Waals surface area contributed by atoms with Crippen LogP contribution < -0.4 is 15.1 Å². The molecule has 0 unspecified atom stereocenters. The van der Waals surface area contributed by atoms with Crippen molar-refractivity contribution in [3.63, 3.8) is 0 Å². The third kappa shape index (κ3) is 4.26. The molecule has 1 aliphatic heterocycles. The number of fused-ring (bicyclic) bond motifs is 2. The van der Waals surface area contributed by atoms with Crippen LogP contribution in [0.25, 0.3) is 11.0 Å². The second kappa shape index (κ2) is 9.85. The number of aromatic nitrogens is 1. The van der Waals surface area contributed by atoms with E-state index in [9.17, 15) is 14.4 Å². The molecule has 3 heterocycles. The Morgan fingerprint density at radius 3 is 2.46 bits per heavy atom. The van der Waals surface area contributed by atoms with Crippen LogP contribution in [0.1, 0.15) is 48.7 Å². The number of hydrogen-bond donors (Lipinski definition) is 0. The standard InChI is InChI=1S/C30H22N2O6S/c1-17-27(29(35)36-2)39-30(31-17)32-24(19-12-14-20(15-13-19)37-16-18-8-4-3-5-9-18)23-25(33)21-10-6-7-11-22(21)38-26(23)28(32)34/h3-15,24H,16H2,1-2H3/t24-/m1/s1. The van der Waals surface area contributed by atoms with Crippen molar-refractivity contribution in [1.29, 1.82) is 0 Å². The predicted octanol–water partition coefficient (Wildman–Crippen LogP) is 5.67. The normalized spacial score (nSPS) is 14.5. The fourth-order valence-corrected chi connectivity index (χ4v) is 5.70. The van der Waals surface area contributed by atoms with E-state index in [1.165, 1.54) is 12.0 Å². The molecule has 3 aromatic carbocycles. The number of aryl methyl sites for hydroxylation is 1. The Kier molecular flexibility index (Phi) is 6.20. The van der Waals surface area contributed by atoms with E-state index in [1.807, 2.05) is 42.5 Å². The van der Waals surface area contributed by atoms with Crippen molar-refractivity contribution >= 4 is 39.3 Å². The second-order valence-electron chi connectivity index (χ2n) is 8.99. The van der Waals surface area contributed by atoms with Gasteiger partial charge in [0, 0.05) is 0 Å². The van der Waals surface area contributed by atoms with Crippen LogP contribution in [-0.4, -0.2) is 24.0 Å². The Bertz CT molecular complexity index is 1780. The molecule has 0 aliphatic carbocycles. The van der Waals surface area contributed by atoms with Gasteiger partial charge in [-0.1, -0.05) is 65.9 Å². The highest BCUT2D eigenvalue weighted by Crippen LogP contribution is 2.43. The maximum Gasteiger partial charge on any atom is 0.350 e. The summed E-state index contributed by atoms with van der Waals surface area (Å²) in [5.74, 6) is -0.452. The first-order chi connectivity index (χ1) is 19.0. The number of methoxy groups -OCH3 is 1. The van der Waals surface area contributed by atoms with Crippen LogP contribution in [0.5, 0.6) is 5.75 Å². The molecule has 2 aromatic heterocycles. The van der Waals surface area contributed by atoms with Gasteiger partial charge in [0.15, 0.2) is 10.6 Å². The minimum Gasteiger partial charge on any atom is -0.489 e. The fourth-order valence-electron chi connectivity index (χ4n) is 4.69. The first kappa shape index (κ1) is 24.6. The van der Waals surface area contributed by atoms with E-state index in [2.05, 4.69) is 4.98 Å². The third-order valence-electron chi connectivity index (χ3n) is 6.58. The predicted molar refractivity (Wildman–Crippen MR) is 147 cm³/mol. The van der Waals surface area contributed by atoms with Crippen molar-refractivity contribution in [2.24, 2.45) is 0 Å². The number of ether oxygens (including phenoxy) is 2. The average molecular weight is 539 g/mol. The Hall–Kier alpha value is -4.76. The molecule has 8 nitrogen and oxygen atoms in total. The minimum atomic E-state index is -0.812. The number of carbonyl (C=O) groups excluding carboxylic acids is 2. The lowest BCUT2D eigenvalue weighted by atomic mass is 9.98. The highest BCUT2D eigenvalue weighted by atomic mass is 32.1. The number of carbonyl (C=O) groups is 2. The van der Waals surface area contributed by atoms with Gasteiger partial charge >= 0.3 is 5.97 Å². The van der Waals surface area contributed by atoms with Gasteiger partial charge in [-0.25, -0.2) is 9.78 Å². The monoisotopic (exact) mass is 538 g/mol. The van der Waals surface area contributed by atoms with Gasteiger partial charge in [0.2, 0.25) is 5.76 Å². The van der Waals surface area contributed by atoms with Crippen LogP contribution in [0.2, 0.25) is 0 Å². The summed E-state index contributed by atoms with van der Waals surface area (Å²) in [6.07, 6.45) is 0. The molecule has 39 heavy (non-hydrogen) atoms. The molecule has 6 rings (SSSR count). The van der Waals surface area contributed by atoms with E-state index in [0.717, 1.165) is 16.9 Å². The van der Waals surface area contributed by atoms with Gasteiger partial charge in [0.1, 0.15) is 22.8 Å². The van der Waals surface area contributed by atoms with E-state index in [0.29, 0.717) is 34.6 Å². The number of nitrogens with zero attached hydrogens (tertiary/aromatic N) is 2. The molecule has 1 atom stereocenters. The van der Waals surface area contributed by atoms with Gasteiger partial charge in [0.05, 0.1) is 29.8 Å². The van der Waals surface area contributed by atoms with E-state index >= 15 is 0 Å². The first-order valence-electron chi connectivity index (χ1n) is 12.2. The van der Waals surface area contributed by atoms with Crippen LogP contribution in [0.15, 0.2) is 88.1 Å². The van der Waals surface area contributed by atoms with Gasteiger partial charge in [-0.2, -0.15) is 0 Å². The zero-order chi connectivity index (χ0) is 27.1. The summed E-state index contributed by atoms with van der Waals surface area (Å²) in [4.78, 5) is 46.0. The molecule has 0 N–H and O–H groups in total. The molecule has 0 radical (unpaired) electrons. The summed E-state index contributed by atoms with van der Waals surface area (Å²) in [5, 5.41) is 0.645. The molecule has 0 spiro atoms. The molecule has 0 fully saturated rings. The lowest BCUT2D eigenvalue weighted by Gasteiger charge is -2.22. The number of para-hydroxylation sites is 1. The smallest absolute Gasteiger partial charge is 0.350 e. The number of thiazole rings is 1. The summed E-state index contributed by atoms with van der Waals surface area (Å²) in [6, 6.07) is 23.1. The molecule has 0 bridgehead atoms. The molecule has 1 amide bonds. The zero-order valence-corrected chi connectivity index (χ0v) is 21.9. The highest BCUT2D eigenvalue weighted by Gasteiger charge is 2.45. The summed E-state index contributed by atoms with van der Waals surface area (Å²) in [7, 11) is 1.29. The minimum absolute atomic E-state index is 0.0411. The molecule has 9 heteroatoms. The van der Waals surface area contributed by atoms with Crippen LogP contribution >= 0.6 is 11.3 Å². The van der Waals surface area contributed by atoms with Gasteiger partial charge in [-0.15, -0.1) is 0 Å². The van der Waals surface area contributed by atoms with Crippen LogP contribution in [0, 0.1) is 6.92 Å². The van der Waals surface area contributed by atoms with Gasteiger partial charge in [-0.3, -0.25) is 14.5 Å². The molecular weight excluding hydrogens is 516 g/mol. The maximum atomic E-state index is 13.8. The van der Waals surface area contributed by atoms with E-state index in [4.69, 9.17) is 13.9 Å². The number of anilines is 1. The number of rotatable bonds is 6. The van der Waals surface area contributed by atoms with Gasteiger partial charge < -0.3 is 13.9 Å². The quantitative estimate of drug-likeness (QED) is 0.257. The SMILES string of the molecule is COC(=O)c1sc(N2C(=O)c3oc4ccccc4c(=O)c3[C@H]2c2ccc(OCc3ccccc3)cc2)nc1C. The first-order valence-corrected chi connectivity index (χ1v) is 13.0. The van der Waals surface area contributed by atoms with E-state index in [1.54, 1.807) is 43.3 Å². The van der Waals surface area contributed by atoms with Gasteiger partial charge in [-0.05, 0) is 42.3 Å². The molecule has 0 saturated heterocycles. The Morgan fingerprint density at radius 2 is 1.72 bits per heavy atom. The zero-order valence-electron chi connectivity index (χ0n) is 21.0. The molecule has 1 aliphatic rings. The van der Waals surface area contributed by atoms with Crippen molar-refractivity contribution in [2.45, 2.75) is 19.6 Å². The molecule has 0 saturated carbocycles. The summed E-state index contributed by atoms with van der Waals surface area (Å²) < 4.78 is 16.8. The maximum absolute atomic E-state index is 13.8. The molecule has 194 valence electrons. The number of amides is 1. The van der Waals surface area contributed by atoms with Crippen molar-refractivity contribution in [3.05, 3.63) is 122 Å². The fraction of sp³-hybridized carbons (Fsp3) is 0.133. The topological polar surface area (TPSA) is 98.9 Å². The van der Waals surface area contributed by atoms with Crippen molar-refractivity contribution < 1.29 is 23.5 Å². The largest absolute Gasteiger partial charge is 0.489 e. The lowest BCUT2D eigenvalue weighted by Crippen LogP contribution is -2.29. The van der Waals surface area contributed by atoms with Crippen LogP contribution in [-0.2, 0) is 11.3 Å². The number of benzene rings is 3. The molecular formula is C30H22N2O6S. The number of hydrogen-bond acceptors (Lipinski definition) is 8. The van der Waals surface area contributed by atoms with Crippen molar-refractivity contribution in [1.82, 2.24) is 4.98 Å². The summed E-state index contributed by atoms with van der Waals surface area (Å²) >= 11 is 1.03. The Morgan fingerprint density at radius 1 is 1.00 bits per heavy atom. The third-order valence-corrected chi connectivity index (χ3v) is 7.72. The Balaban J connectivity index is 1.45. The second-order valence-corrected chi connectivity index (χ2v) is 9.97. The van der Waals surface area contributed by atoms with Crippen molar-refractivity contribution in [3.8, 4) is 5.75 Å². The number of esters is 1. The van der Waals surface area contributed by atoms with E-state index < -0.39 is 17.9 Å². The summed E-state index contributed by atoms with van der Waals surface area (Å²) in [6.45, 7) is 2.08. The van der Waals surface area contributed by atoms with Crippen LogP contribution in [0.3, 0.4) is 0 Å². The average Bonchev–Trinajstić information content (AvgIpc) is 3.49. The van der Waals surface area contributed by atoms with Gasteiger partial charge in [0.25, 0.3) is 5.91 Å². The van der Waals surface area contributed by atoms with Crippen molar-refractivity contribution in [2.75, 3.05) is 12.0 Å². The van der Waals surface area contributed by atoms with E-state index in [-0.39, 0.29) is 26.8 Å². The Labute approximate surface area is 227 Å². The lowest BCUT2D eigenvalue weighted by molar-refractivity contribution is 0.0605. The molecule has 5 aromatic rings. The van der Waals surface area contributed by atoms with Crippen LogP contribution in [0.4, 0.5) is 5.13 Å². The highest BCUT2D eigenvalue weighted by molar-refractivity contribution is 7.17. The summed E-state index contributed by atoms with van der Waals surface area (Å²) in [5.41, 5.74) is 2.39.